The first-order chi connectivity index (χ1) is 12.5. The van der Waals surface area contributed by atoms with Gasteiger partial charge in [-0.25, -0.2) is 4.79 Å². The number of hydrogen-bond donors (Lipinski definition) is 0. The molecular weight excluding hydrogens is 356 g/mol. The van der Waals surface area contributed by atoms with Crippen molar-refractivity contribution in [1.82, 2.24) is 0 Å². The third-order valence-corrected chi connectivity index (χ3v) is 4.11. The van der Waals surface area contributed by atoms with Crippen LogP contribution in [0.25, 0.3) is 6.08 Å². The Labute approximate surface area is 156 Å². The summed E-state index contributed by atoms with van der Waals surface area (Å²) in [6, 6.07) is 12.0. The number of ketones is 1. The Morgan fingerprint density at radius 3 is 2.77 bits per heavy atom. The Kier molecular flexibility index (Phi) is 5.28. The third-order valence-electron chi connectivity index (χ3n) is 3.76. The molecule has 1 aliphatic heterocycles. The highest BCUT2D eigenvalue weighted by Crippen LogP contribution is 2.35. The summed E-state index contributed by atoms with van der Waals surface area (Å²) in [4.78, 5) is 24.2. The molecule has 0 bridgehead atoms. The van der Waals surface area contributed by atoms with Gasteiger partial charge in [0.15, 0.2) is 11.9 Å². The summed E-state index contributed by atoms with van der Waals surface area (Å²) in [6.07, 6.45) is 0.843. The summed E-state index contributed by atoms with van der Waals surface area (Å²) in [5.74, 6) is 0.288. The van der Waals surface area contributed by atoms with Crippen LogP contribution in [-0.2, 0) is 9.53 Å². The van der Waals surface area contributed by atoms with Crippen molar-refractivity contribution in [3.63, 3.8) is 0 Å². The number of benzene rings is 2. The highest BCUT2D eigenvalue weighted by molar-refractivity contribution is 6.32. The molecule has 0 saturated heterocycles. The van der Waals surface area contributed by atoms with E-state index in [1.807, 2.05) is 12.1 Å². The lowest BCUT2D eigenvalue weighted by Crippen LogP contribution is -2.26. The van der Waals surface area contributed by atoms with Crippen LogP contribution in [0.4, 0.5) is 0 Å². The van der Waals surface area contributed by atoms with Gasteiger partial charge in [0.05, 0.1) is 12.2 Å². The molecule has 26 heavy (non-hydrogen) atoms. The molecule has 6 heteroatoms. The lowest BCUT2D eigenvalue weighted by molar-refractivity contribution is -0.150. The van der Waals surface area contributed by atoms with E-state index in [1.165, 1.54) is 0 Å². The Bertz CT molecular complexity index is 888. The van der Waals surface area contributed by atoms with Crippen LogP contribution in [0.5, 0.6) is 11.5 Å². The van der Waals surface area contributed by atoms with Crippen molar-refractivity contribution in [2.24, 2.45) is 0 Å². The molecular formula is C20H17ClO5. The summed E-state index contributed by atoms with van der Waals surface area (Å²) in [7, 11) is 0. The quantitative estimate of drug-likeness (QED) is 0.579. The Balaban J connectivity index is 1.80. The highest BCUT2D eigenvalue weighted by atomic mass is 35.5. The van der Waals surface area contributed by atoms with Gasteiger partial charge >= 0.3 is 5.97 Å². The summed E-state index contributed by atoms with van der Waals surface area (Å²) < 4.78 is 16.1. The van der Waals surface area contributed by atoms with Gasteiger partial charge in [0.2, 0.25) is 5.78 Å². The van der Waals surface area contributed by atoms with Crippen molar-refractivity contribution in [1.29, 1.82) is 0 Å². The molecule has 0 aromatic heterocycles. The van der Waals surface area contributed by atoms with E-state index in [9.17, 15) is 9.59 Å². The maximum absolute atomic E-state index is 12.5. The molecule has 134 valence electrons. The van der Waals surface area contributed by atoms with Crippen molar-refractivity contribution in [3.05, 3.63) is 64.4 Å². The summed E-state index contributed by atoms with van der Waals surface area (Å²) in [5, 5.41) is 0.527. The molecule has 0 N–H and O–H groups in total. The molecule has 3 rings (SSSR count). The fraction of sp³-hybridized carbons (Fsp3) is 0.200. The topological polar surface area (TPSA) is 61.8 Å². The summed E-state index contributed by atoms with van der Waals surface area (Å²) in [5.41, 5.74) is 1.12. The number of esters is 1. The number of ether oxygens (including phenoxy) is 3. The van der Waals surface area contributed by atoms with E-state index >= 15 is 0 Å². The van der Waals surface area contributed by atoms with Crippen LogP contribution < -0.4 is 9.47 Å². The van der Waals surface area contributed by atoms with Crippen LogP contribution in [-0.4, -0.2) is 24.5 Å². The molecule has 2 aromatic carbocycles. The zero-order chi connectivity index (χ0) is 18.7. The number of Topliss-reactive ketones (excluding diaryl/α,β-unsaturated/α-hetero) is 1. The van der Waals surface area contributed by atoms with Crippen LogP contribution in [0.2, 0.25) is 5.02 Å². The molecule has 0 spiro atoms. The standard InChI is InChI=1S/C20H17ClO5/c1-3-24-20(23)12(2)25-14-8-9-15-17(11-14)26-18(19(15)22)10-13-6-4-5-7-16(13)21/h4-12H,3H2,1-2H3/b18-10-. The first-order valence-corrected chi connectivity index (χ1v) is 8.53. The predicted molar refractivity (Wildman–Crippen MR) is 97.6 cm³/mol. The molecule has 1 atom stereocenters. The maximum atomic E-state index is 12.5. The fourth-order valence-electron chi connectivity index (χ4n) is 2.49. The number of halogens is 1. The zero-order valence-corrected chi connectivity index (χ0v) is 15.1. The van der Waals surface area contributed by atoms with Crippen LogP contribution in [0.1, 0.15) is 29.8 Å². The van der Waals surface area contributed by atoms with Gasteiger partial charge in [-0.15, -0.1) is 0 Å². The number of fused-ring (bicyclic) bond motifs is 1. The molecule has 1 aliphatic rings. The van der Waals surface area contributed by atoms with Crippen molar-refractivity contribution in [3.8, 4) is 11.5 Å². The minimum Gasteiger partial charge on any atom is -0.479 e. The van der Waals surface area contributed by atoms with E-state index in [0.29, 0.717) is 27.6 Å². The lowest BCUT2D eigenvalue weighted by Gasteiger charge is -2.13. The van der Waals surface area contributed by atoms with Gasteiger partial charge in [-0.2, -0.15) is 0 Å². The minimum absolute atomic E-state index is 0.184. The first kappa shape index (κ1) is 18.0. The van der Waals surface area contributed by atoms with E-state index < -0.39 is 12.1 Å². The second kappa shape index (κ2) is 7.62. The van der Waals surface area contributed by atoms with Crippen molar-refractivity contribution >= 4 is 29.4 Å². The molecule has 0 amide bonds. The van der Waals surface area contributed by atoms with Crippen molar-refractivity contribution in [2.45, 2.75) is 20.0 Å². The lowest BCUT2D eigenvalue weighted by atomic mass is 10.1. The number of hydrogen-bond acceptors (Lipinski definition) is 5. The molecule has 2 aromatic rings. The van der Waals surface area contributed by atoms with Crippen LogP contribution in [0.15, 0.2) is 48.2 Å². The first-order valence-electron chi connectivity index (χ1n) is 8.15. The number of carbonyl (C=O) groups excluding carboxylic acids is 2. The van der Waals surface area contributed by atoms with E-state index in [-0.39, 0.29) is 18.1 Å². The van der Waals surface area contributed by atoms with Gasteiger partial charge in [0.1, 0.15) is 11.5 Å². The van der Waals surface area contributed by atoms with E-state index in [0.717, 1.165) is 0 Å². The Morgan fingerprint density at radius 2 is 2.04 bits per heavy atom. The minimum atomic E-state index is -0.761. The van der Waals surface area contributed by atoms with Gasteiger partial charge in [-0.05, 0) is 43.7 Å². The summed E-state index contributed by atoms with van der Waals surface area (Å²) in [6.45, 7) is 3.61. The largest absolute Gasteiger partial charge is 0.479 e. The number of rotatable bonds is 5. The molecule has 1 unspecified atom stereocenters. The third kappa shape index (κ3) is 3.73. The molecule has 0 aliphatic carbocycles. The van der Waals surface area contributed by atoms with Gasteiger partial charge in [-0.1, -0.05) is 29.8 Å². The SMILES string of the molecule is CCOC(=O)C(C)Oc1ccc2c(c1)O/C(=C\c1ccccc1Cl)C2=O. The Morgan fingerprint density at radius 1 is 1.27 bits per heavy atom. The number of allylic oxidation sites excluding steroid dienone is 1. The van der Waals surface area contributed by atoms with Crippen molar-refractivity contribution < 1.29 is 23.8 Å². The average Bonchev–Trinajstić information content (AvgIpc) is 2.92. The second-order valence-corrected chi connectivity index (χ2v) is 6.04. The van der Waals surface area contributed by atoms with Crippen LogP contribution in [0.3, 0.4) is 0 Å². The van der Waals surface area contributed by atoms with E-state index in [1.54, 1.807) is 50.3 Å². The smallest absolute Gasteiger partial charge is 0.347 e. The predicted octanol–water partition coefficient (Wildman–Crippen LogP) is 4.29. The van der Waals surface area contributed by atoms with Gasteiger partial charge < -0.3 is 14.2 Å². The van der Waals surface area contributed by atoms with Gasteiger partial charge in [0, 0.05) is 11.1 Å². The Hall–Kier alpha value is -2.79. The van der Waals surface area contributed by atoms with E-state index in [4.69, 9.17) is 25.8 Å². The van der Waals surface area contributed by atoms with Crippen LogP contribution in [0, 0.1) is 0 Å². The molecule has 1 heterocycles. The highest BCUT2D eigenvalue weighted by Gasteiger charge is 2.28. The average molecular weight is 373 g/mol. The molecule has 0 radical (unpaired) electrons. The molecule has 0 saturated carbocycles. The van der Waals surface area contributed by atoms with Crippen molar-refractivity contribution in [2.75, 3.05) is 6.61 Å². The number of carbonyl (C=O) groups is 2. The van der Waals surface area contributed by atoms with Gasteiger partial charge in [0.25, 0.3) is 0 Å². The molecule has 0 fully saturated rings. The van der Waals surface area contributed by atoms with E-state index in [2.05, 4.69) is 0 Å². The monoisotopic (exact) mass is 372 g/mol. The summed E-state index contributed by atoms with van der Waals surface area (Å²) >= 11 is 6.12. The normalized spacial score (nSPS) is 15.3. The second-order valence-electron chi connectivity index (χ2n) is 5.63. The maximum Gasteiger partial charge on any atom is 0.347 e. The van der Waals surface area contributed by atoms with Gasteiger partial charge in [-0.3, -0.25) is 4.79 Å². The fourth-order valence-corrected chi connectivity index (χ4v) is 2.68. The van der Waals surface area contributed by atoms with Crippen LogP contribution >= 0.6 is 11.6 Å². The zero-order valence-electron chi connectivity index (χ0n) is 14.3. The molecule has 5 nitrogen and oxygen atoms in total.